The van der Waals surface area contributed by atoms with Gasteiger partial charge < -0.3 is 9.09 Å². The second-order valence-electron chi connectivity index (χ2n) is 3.00. The van der Waals surface area contributed by atoms with Crippen LogP contribution in [0.4, 0.5) is 0 Å². The maximum atomic E-state index is 12.1. The molecule has 1 aliphatic rings. The maximum Gasteiger partial charge on any atom is 0.291 e. The van der Waals surface area contributed by atoms with Crippen LogP contribution in [-0.2, 0) is 9.09 Å². The molecule has 0 amide bonds. The van der Waals surface area contributed by atoms with Gasteiger partial charge >= 0.3 is 0 Å². The maximum absolute atomic E-state index is 12.1. The molecule has 2 rings (SSSR count). The van der Waals surface area contributed by atoms with Crippen LogP contribution in [0.3, 0.4) is 0 Å². The number of allylic oxidation sites excluding steroid dienone is 1. The fourth-order valence-corrected chi connectivity index (χ4v) is 4.37. The standard InChI is InChI=1S/C8H9N2O3PS/c1-6-5-10-4-3-7(11)9-8(10)15-14(6,12)13-2/h3-5H,1-2H3. The van der Waals surface area contributed by atoms with Gasteiger partial charge in [-0.05, 0) is 6.92 Å². The largest absolute Gasteiger partial charge is 0.321 e. The smallest absolute Gasteiger partial charge is 0.291 e. The Balaban J connectivity index is 2.60. The molecule has 2 heterocycles. The van der Waals surface area contributed by atoms with E-state index in [0.29, 0.717) is 10.5 Å². The molecule has 1 aromatic heterocycles. The lowest BCUT2D eigenvalue weighted by Gasteiger charge is -2.21. The van der Waals surface area contributed by atoms with Crippen molar-refractivity contribution in [2.75, 3.05) is 7.11 Å². The van der Waals surface area contributed by atoms with E-state index in [1.165, 1.54) is 13.2 Å². The third-order valence-electron chi connectivity index (χ3n) is 2.00. The Morgan fingerprint density at radius 2 is 2.33 bits per heavy atom. The molecular formula is C8H9N2O3PS. The van der Waals surface area contributed by atoms with E-state index in [9.17, 15) is 9.36 Å². The summed E-state index contributed by atoms with van der Waals surface area (Å²) in [5.41, 5.74) is -0.343. The van der Waals surface area contributed by atoms with Crippen molar-refractivity contribution in [1.82, 2.24) is 9.55 Å². The van der Waals surface area contributed by atoms with Crippen molar-refractivity contribution in [2.45, 2.75) is 12.1 Å². The molecule has 0 N–H and O–H groups in total. The highest BCUT2D eigenvalue weighted by Crippen LogP contribution is 2.69. The molecule has 0 spiro atoms. The van der Waals surface area contributed by atoms with Gasteiger partial charge in [-0.1, -0.05) is 0 Å². The van der Waals surface area contributed by atoms with Crippen molar-refractivity contribution in [3.8, 4) is 0 Å². The van der Waals surface area contributed by atoms with E-state index in [4.69, 9.17) is 4.52 Å². The number of rotatable bonds is 1. The average Bonchev–Trinajstić information content (AvgIpc) is 2.20. The molecule has 0 aromatic carbocycles. The first-order valence-corrected chi connectivity index (χ1v) is 7.23. The van der Waals surface area contributed by atoms with Gasteiger partial charge in [-0.3, -0.25) is 9.36 Å². The second-order valence-corrected chi connectivity index (χ2v) is 7.60. The summed E-state index contributed by atoms with van der Waals surface area (Å²) in [5, 5.41) is 1.05. The van der Waals surface area contributed by atoms with E-state index >= 15 is 0 Å². The van der Waals surface area contributed by atoms with Crippen molar-refractivity contribution in [3.63, 3.8) is 0 Å². The summed E-state index contributed by atoms with van der Waals surface area (Å²) in [6.07, 6.45) is 3.27. The quantitative estimate of drug-likeness (QED) is 0.558. The van der Waals surface area contributed by atoms with E-state index < -0.39 is 6.57 Å². The van der Waals surface area contributed by atoms with Crippen LogP contribution in [0.15, 0.2) is 27.5 Å². The molecule has 0 aliphatic carbocycles. The molecule has 80 valence electrons. The van der Waals surface area contributed by atoms with Crippen LogP contribution < -0.4 is 5.56 Å². The number of nitrogens with zero attached hydrogens (tertiary/aromatic N) is 2. The average molecular weight is 244 g/mol. The Morgan fingerprint density at radius 1 is 1.60 bits per heavy atom. The highest BCUT2D eigenvalue weighted by molar-refractivity contribution is 8.57. The first kappa shape index (κ1) is 10.7. The topological polar surface area (TPSA) is 61.2 Å². The second kappa shape index (κ2) is 3.63. The lowest BCUT2D eigenvalue weighted by Crippen LogP contribution is -2.12. The number of fused-ring (bicyclic) bond motifs is 1. The SMILES string of the molecule is COP1(=O)Sc2nc(=O)ccn2C=C1C. The minimum atomic E-state index is -2.88. The van der Waals surface area contributed by atoms with E-state index in [2.05, 4.69) is 4.98 Å². The van der Waals surface area contributed by atoms with Crippen LogP contribution >= 0.6 is 18.0 Å². The fraction of sp³-hybridized carbons (Fsp3) is 0.250. The van der Waals surface area contributed by atoms with Gasteiger partial charge in [0.1, 0.15) is 0 Å². The predicted molar refractivity (Wildman–Crippen MR) is 58.9 cm³/mol. The summed E-state index contributed by atoms with van der Waals surface area (Å²) in [6, 6.07) is 1.36. The van der Waals surface area contributed by atoms with Gasteiger partial charge in [0.15, 0.2) is 5.16 Å². The molecule has 0 radical (unpaired) electrons. The van der Waals surface area contributed by atoms with E-state index in [-0.39, 0.29) is 5.56 Å². The molecule has 15 heavy (non-hydrogen) atoms. The van der Waals surface area contributed by atoms with Crippen molar-refractivity contribution in [3.05, 3.63) is 27.9 Å². The van der Waals surface area contributed by atoms with Crippen LogP contribution in [-0.4, -0.2) is 16.7 Å². The minimum Gasteiger partial charge on any atom is -0.321 e. The van der Waals surface area contributed by atoms with Crippen molar-refractivity contribution in [2.24, 2.45) is 0 Å². The highest BCUT2D eigenvalue weighted by atomic mass is 32.7. The summed E-state index contributed by atoms with van der Waals surface area (Å²) in [5.74, 6) is 0. The summed E-state index contributed by atoms with van der Waals surface area (Å²) in [7, 11) is 1.39. The van der Waals surface area contributed by atoms with Gasteiger partial charge in [0.25, 0.3) is 12.1 Å². The zero-order chi connectivity index (χ0) is 11.1. The zero-order valence-corrected chi connectivity index (χ0v) is 9.92. The molecule has 1 atom stereocenters. The summed E-state index contributed by atoms with van der Waals surface area (Å²) < 4.78 is 18.8. The number of hydrogen-bond donors (Lipinski definition) is 0. The van der Waals surface area contributed by atoms with E-state index in [1.807, 2.05) is 0 Å². The lowest BCUT2D eigenvalue weighted by atomic mass is 10.6. The van der Waals surface area contributed by atoms with Gasteiger partial charge in [0.05, 0.1) is 0 Å². The molecular weight excluding hydrogens is 235 g/mol. The van der Waals surface area contributed by atoms with Crippen molar-refractivity contribution < 1.29 is 9.09 Å². The number of aromatic nitrogens is 2. The van der Waals surface area contributed by atoms with Crippen LogP contribution in [0.25, 0.3) is 6.20 Å². The highest BCUT2D eigenvalue weighted by Gasteiger charge is 2.31. The molecule has 7 heteroatoms. The van der Waals surface area contributed by atoms with Crippen molar-refractivity contribution in [1.29, 1.82) is 0 Å². The van der Waals surface area contributed by atoms with Crippen LogP contribution in [0.1, 0.15) is 6.92 Å². The fourth-order valence-electron chi connectivity index (χ4n) is 1.20. The molecule has 0 fully saturated rings. The predicted octanol–water partition coefficient (Wildman–Crippen LogP) is 2.01. The van der Waals surface area contributed by atoms with Crippen LogP contribution in [0, 0.1) is 0 Å². The van der Waals surface area contributed by atoms with E-state index in [1.54, 1.807) is 23.9 Å². The molecule has 0 saturated heterocycles. The normalized spacial score (nSPS) is 24.5. The Kier molecular flexibility index (Phi) is 2.58. The summed E-state index contributed by atoms with van der Waals surface area (Å²) in [6.45, 7) is -1.15. The van der Waals surface area contributed by atoms with Gasteiger partial charge in [0, 0.05) is 42.3 Å². The number of hydrogen-bond acceptors (Lipinski definition) is 5. The third-order valence-corrected chi connectivity index (χ3v) is 6.69. The first-order valence-electron chi connectivity index (χ1n) is 4.19. The molecule has 5 nitrogen and oxygen atoms in total. The Morgan fingerprint density at radius 3 is 3.00 bits per heavy atom. The summed E-state index contributed by atoms with van der Waals surface area (Å²) >= 11 is 0.998. The first-order chi connectivity index (χ1) is 7.05. The van der Waals surface area contributed by atoms with Crippen LogP contribution in [0.2, 0.25) is 0 Å². The molecule has 0 bridgehead atoms. The van der Waals surface area contributed by atoms with Crippen molar-refractivity contribution >= 4 is 24.2 Å². The molecule has 1 aliphatic heterocycles. The Labute approximate surface area is 90.4 Å². The van der Waals surface area contributed by atoms with Gasteiger partial charge in [-0.25, -0.2) is 0 Å². The Hall–Kier alpha value is -0.840. The molecule has 0 saturated carbocycles. The molecule has 1 aromatic rings. The van der Waals surface area contributed by atoms with Crippen LogP contribution in [0.5, 0.6) is 0 Å². The molecule has 1 unspecified atom stereocenters. The van der Waals surface area contributed by atoms with Gasteiger partial charge in [-0.15, -0.1) is 0 Å². The van der Waals surface area contributed by atoms with Gasteiger partial charge in [-0.2, -0.15) is 4.98 Å². The third kappa shape index (κ3) is 1.80. The monoisotopic (exact) mass is 244 g/mol. The van der Waals surface area contributed by atoms with E-state index in [0.717, 1.165) is 11.4 Å². The minimum absolute atomic E-state index is 0.343. The zero-order valence-electron chi connectivity index (χ0n) is 8.21. The Bertz CT molecular complexity index is 537. The van der Waals surface area contributed by atoms with Gasteiger partial charge in [0.2, 0.25) is 0 Å². The lowest BCUT2D eigenvalue weighted by molar-refractivity contribution is 0.414. The summed E-state index contributed by atoms with van der Waals surface area (Å²) in [4.78, 5) is 14.8.